The lowest BCUT2D eigenvalue weighted by atomic mass is 9.95. The van der Waals surface area contributed by atoms with Gasteiger partial charge in [0, 0.05) is 46.9 Å². The molecule has 36 heavy (non-hydrogen) atoms. The number of fused-ring (bicyclic) bond motifs is 4. The van der Waals surface area contributed by atoms with Crippen molar-refractivity contribution >= 4 is 50.6 Å². The summed E-state index contributed by atoms with van der Waals surface area (Å²) in [6.07, 6.45) is 0. The Bertz CT molecular complexity index is 1580. The summed E-state index contributed by atoms with van der Waals surface area (Å²) in [6, 6.07) is 28.4. The molecule has 6 rings (SSSR count). The van der Waals surface area contributed by atoms with E-state index in [4.69, 9.17) is 16.3 Å². The van der Waals surface area contributed by atoms with E-state index in [2.05, 4.69) is 46.7 Å². The number of halogens is 1. The van der Waals surface area contributed by atoms with Crippen LogP contribution in [0.15, 0.2) is 84.9 Å². The molecule has 180 valence electrons. The van der Waals surface area contributed by atoms with Gasteiger partial charge >= 0.3 is 0 Å². The van der Waals surface area contributed by atoms with Crippen LogP contribution in [0.2, 0.25) is 0 Å². The Morgan fingerprint density at radius 2 is 1.81 bits per heavy atom. The van der Waals surface area contributed by atoms with Crippen LogP contribution in [-0.2, 0) is 6.54 Å². The Morgan fingerprint density at radius 3 is 2.58 bits per heavy atom. The number of hydrogen-bond donors (Lipinski definition) is 2. The predicted octanol–water partition coefficient (Wildman–Crippen LogP) is 6.92. The van der Waals surface area contributed by atoms with E-state index in [1.807, 2.05) is 53.4 Å². The number of methoxy groups -OCH3 is 1. The second kappa shape index (κ2) is 9.25. The number of aromatic amines is 1. The lowest BCUT2D eigenvalue weighted by Crippen LogP contribution is -2.30. The average molecular weight is 496 g/mol. The molecule has 0 saturated carbocycles. The molecule has 5 aromatic rings. The number of nitrogens with zero attached hydrogens (tertiary/aromatic N) is 1. The van der Waals surface area contributed by atoms with Crippen LogP contribution in [0.1, 0.15) is 27.5 Å². The van der Waals surface area contributed by atoms with Crippen molar-refractivity contribution < 1.29 is 9.53 Å². The molecule has 2 N–H and O–H groups in total. The van der Waals surface area contributed by atoms with Crippen LogP contribution in [0.4, 0.5) is 11.4 Å². The highest BCUT2D eigenvalue weighted by Gasteiger charge is 2.35. The second-order valence-electron chi connectivity index (χ2n) is 9.14. The molecule has 0 spiro atoms. The third-order valence-corrected chi connectivity index (χ3v) is 7.35. The molecule has 5 nitrogen and oxygen atoms in total. The number of anilines is 2. The summed E-state index contributed by atoms with van der Waals surface area (Å²) < 4.78 is 5.35. The maximum absolute atomic E-state index is 13.8. The van der Waals surface area contributed by atoms with E-state index in [9.17, 15) is 4.79 Å². The van der Waals surface area contributed by atoms with Gasteiger partial charge in [-0.05, 0) is 46.8 Å². The molecule has 2 heterocycles. The molecule has 1 aliphatic rings. The zero-order chi connectivity index (χ0) is 24.6. The third kappa shape index (κ3) is 3.86. The predicted molar refractivity (Wildman–Crippen MR) is 148 cm³/mol. The molecular weight excluding hydrogens is 470 g/mol. The molecule has 0 radical (unpaired) electrons. The van der Waals surface area contributed by atoms with E-state index in [0.717, 1.165) is 44.4 Å². The van der Waals surface area contributed by atoms with Crippen LogP contribution in [-0.4, -0.2) is 30.4 Å². The smallest absolute Gasteiger partial charge is 0.274 e. The summed E-state index contributed by atoms with van der Waals surface area (Å²) in [5, 5.41) is 6.81. The third-order valence-electron chi connectivity index (χ3n) is 6.98. The van der Waals surface area contributed by atoms with Gasteiger partial charge in [0.05, 0.1) is 12.8 Å². The summed E-state index contributed by atoms with van der Waals surface area (Å²) in [4.78, 5) is 19.0. The van der Waals surface area contributed by atoms with Gasteiger partial charge in [-0.1, -0.05) is 54.6 Å². The summed E-state index contributed by atoms with van der Waals surface area (Å²) in [6.45, 7) is 1.24. The first-order chi connectivity index (χ1) is 17.7. The van der Waals surface area contributed by atoms with Crippen molar-refractivity contribution in [2.45, 2.75) is 12.5 Å². The fourth-order valence-electron chi connectivity index (χ4n) is 5.20. The quantitative estimate of drug-likeness (QED) is 0.251. The van der Waals surface area contributed by atoms with Gasteiger partial charge in [0.15, 0.2) is 0 Å². The van der Waals surface area contributed by atoms with Crippen molar-refractivity contribution in [2.24, 2.45) is 0 Å². The Hall–Kier alpha value is -3.96. The van der Waals surface area contributed by atoms with E-state index in [1.165, 1.54) is 5.56 Å². The lowest BCUT2D eigenvalue weighted by Gasteiger charge is -2.19. The van der Waals surface area contributed by atoms with E-state index in [1.54, 1.807) is 7.11 Å². The molecular formula is C30H26ClN3O2. The first-order valence-corrected chi connectivity index (χ1v) is 12.6. The minimum absolute atomic E-state index is 0.0585. The summed E-state index contributed by atoms with van der Waals surface area (Å²) in [7, 11) is 1.64. The van der Waals surface area contributed by atoms with Crippen molar-refractivity contribution in [3.63, 3.8) is 0 Å². The molecule has 1 atom stereocenters. The normalized spacial score (nSPS) is 14.8. The Labute approximate surface area is 214 Å². The van der Waals surface area contributed by atoms with E-state index in [0.29, 0.717) is 24.7 Å². The summed E-state index contributed by atoms with van der Waals surface area (Å²) in [5.41, 5.74) is 5.69. The number of rotatable bonds is 6. The highest BCUT2D eigenvalue weighted by Crippen LogP contribution is 2.45. The topological polar surface area (TPSA) is 57.4 Å². The van der Waals surface area contributed by atoms with E-state index >= 15 is 0 Å². The highest BCUT2D eigenvalue weighted by atomic mass is 35.5. The second-order valence-corrected chi connectivity index (χ2v) is 9.45. The van der Waals surface area contributed by atoms with Gasteiger partial charge < -0.3 is 19.9 Å². The van der Waals surface area contributed by atoms with Crippen molar-refractivity contribution in [3.05, 3.63) is 102 Å². The van der Waals surface area contributed by atoms with Crippen molar-refractivity contribution in [2.75, 3.05) is 29.8 Å². The average Bonchev–Trinajstić information content (AvgIpc) is 3.53. The van der Waals surface area contributed by atoms with Crippen LogP contribution in [0.5, 0.6) is 5.75 Å². The number of hydrogen-bond acceptors (Lipinski definition) is 3. The number of alkyl halides is 1. The number of benzene rings is 4. The largest absolute Gasteiger partial charge is 0.497 e. The molecule has 4 aromatic carbocycles. The maximum Gasteiger partial charge on any atom is 0.274 e. The van der Waals surface area contributed by atoms with Crippen molar-refractivity contribution in [1.29, 1.82) is 0 Å². The minimum atomic E-state index is -0.0664. The maximum atomic E-state index is 13.8. The fraction of sp³-hybridized carbons (Fsp3) is 0.167. The number of amides is 1. The zero-order valence-electron chi connectivity index (χ0n) is 19.9. The van der Waals surface area contributed by atoms with Crippen LogP contribution >= 0.6 is 11.6 Å². The monoisotopic (exact) mass is 495 g/mol. The number of carbonyl (C=O) groups excluding carboxylic acids is 1. The van der Waals surface area contributed by atoms with E-state index in [-0.39, 0.29) is 11.8 Å². The van der Waals surface area contributed by atoms with Gasteiger partial charge in [-0.3, -0.25) is 4.79 Å². The fourth-order valence-corrected chi connectivity index (χ4v) is 5.45. The zero-order valence-corrected chi connectivity index (χ0v) is 20.7. The molecule has 1 unspecified atom stereocenters. The SMILES string of the molecule is COc1ccc2[nH]c(C(=O)N3CC(CCl)c4c3cc(NCc3ccccc3)c3ccccc43)cc2c1. The number of nitrogens with one attached hydrogen (secondary N) is 2. The van der Waals surface area contributed by atoms with Gasteiger partial charge in [-0.15, -0.1) is 11.6 Å². The number of carbonyl (C=O) groups is 1. The van der Waals surface area contributed by atoms with Crippen molar-refractivity contribution in [1.82, 2.24) is 4.98 Å². The molecule has 1 amide bonds. The number of aromatic nitrogens is 1. The number of ether oxygens (including phenoxy) is 1. The first kappa shape index (κ1) is 22.5. The van der Waals surface area contributed by atoms with Gasteiger partial charge in [0.2, 0.25) is 0 Å². The summed E-state index contributed by atoms with van der Waals surface area (Å²) >= 11 is 6.46. The Kier molecular flexibility index (Phi) is 5.78. The Balaban J connectivity index is 1.42. The molecule has 1 aromatic heterocycles. The summed E-state index contributed by atoms with van der Waals surface area (Å²) in [5.74, 6) is 1.20. The molecule has 1 aliphatic heterocycles. The van der Waals surface area contributed by atoms with Crippen LogP contribution in [0.25, 0.3) is 21.7 Å². The molecule has 6 heteroatoms. The van der Waals surface area contributed by atoms with Gasteiger partial charge in [-0.2, -0.15) is 0 Å². The van der Waals surface area contributed by atoms with Crippen LogP contribution in [0, 0.1) is 0 Å². The van der Waals surface area contributed by atoms with E-state index < -0.39 is 0 Å². The molecule has 0 aliphatic carbocycles. The molecule has 0 bridgehead atoms. The molecule has 0 fully saturated rings. The van der Waals surface area contributed by atoms with Crippen molar-refractivity contribution in [3.8, 4) is 5.75 Å². The molecule has 0 saturated heterocycles. The van der Waals surface area contributed by atoms with Crippen LogP contribution in [0.3, 0.4) is 0 Å². The number of H-pyrrole nitrogens is 1. The standard InChI is InChI=1S/C30H26ClN3O2/c1-36-22-11-12-25-20(13-22)14-27(33-25)30(35)34-18-21(16-31)29-24-10-6-5-9-23(24)26(15-28(29)34)32-17-19-7-3-2-4-8-19/h2-15,21,32-33H,16-18H2,1H3. The highest BCUT2D eigenvalue weighted by molar-refractivity contribution is 6.19. The Morgan fingerprint density at radius 1 is 1.03 bits per heavy atom. The van der Waals surface area contributed by atoms with Gasteiger partial charge in [0.25, 0.3) is 5.91 Å². The minimum Gasteiger partial charge on any atom is -0.497 e. The van der Waals surface area contributed by atoms with Gasteiger partial charge in [-0.25, -0.2) is 0 Å². The lowest BCUT2D eigenvalue weighted by molar-refractivity contribution is 0.0984. The van der Waals surface area contributed by atoms with Crippen LogP contribution < -0.4 is 15.0 Å². The first-order valence-electron chi connectivity index (χ1n) is 12.0. The van der Waals surface area contributed by atoms with Gasteiger partial charge in [0.1, 0.15) is 11.4 Å².